The number of nitrogens with one attached hydrogen (secondary N) is 1. The number of rotatable bonds is 4. The maximum Gasteiger partial charge on any atom is 0.331 e. The Balaban J connectivity index is 2.66. The van der Waals surface area contributed by atoms with Crippen LogP contribution in [-0.4, -0.2) is 35.0 Å². The predicted molar refractivity (Wildman–Crippen MR) is 80.3 cm³/mol. The van der Waals surface area contributed by atoms with Gasteiger partial charge in [-0.1, -0.05) is 11.6 Å². The van der Waals surface area contributed by atoms with Crippen molar-refractivity contribution >= 4 is 40.8 Å². The van der Waals surface area contributed by atoms with Crippen LogP contribution >= 0.6 is 22.9 Å². The standard InChI is InChI=1S/C13H15ClN2O4S/c1-7(8(2)12(18)19)11(17)15-13(20)16(3)6-9-4-5-10(14)21-9/h4-5H,6H2,1-3H3,(H,18,19)(H,15,17,20). The number of hydrogen-bond acceptors (Lipinski definition) is 4. The minimum absolute atomic E-state index is 0.0107. The van der Waals surface area contributed by atoms with Gasteiger partial charge >= 0.3 is 12.0 Å². The van der Waals surface area contributed by atoms with Crippen LogP contribution < -0.4 is 5.32 Å². The maximum absolute atomic E-state index is 11.9. The number of carboxylic acid groups (broad SMARTS) is 1. The van der Waals surface area contributed by atoms with Gasteiger partial charge in [0.2, 0.25) is 0 Å². The quantitative estimate of drug-likeness (QED) is 0.830. The first-order chi connectivity index (χ1) is 9.72. The molecular weight excluding hydrogens is 316 g/mol. The topological polar surface area (TPSA) is 86.7 Å². The van der Waals surface area contributed by atoms with Gasteiger partial charge in [0.25, 0.3) is 5.91 Å². The number of carbonyl (C=O) groups is 3. The van der Waals surface area contributed by atoms with E-state index in [9.17, 15) is 14.4 Å². The fourth-order valence-corrected chi connectivity index (χ4v) is 2.50. The van der Waals surface area contributed by atoms with Gasteiger partial charge in [0.15, 0.2) is 0 Å². The van der Waals surface area contributed by atoms with Crippen LogP contribution in [0.4, 0.5) is 4.79 Å². The normalized spacial score (nSPS) is 11.6. The van der Waals surface area contributed by atoms with Crippen LogP contribution in [0.25, 0.3) is 0 Å². The first kappa shape index (κ1) is 17.2. The number of urea groups is 1. The van der Waals surface area contributed by atoms with Crippen LogP contribution in [0.2, 0.25) is 4.34 Å². The molecule has 0 bridgehead atoms. The minimum Gasteiger partial charge on any atom is -0.478 e. The Hall–Kier alpha value is -1.86. The molecule has 0 atom stereocenters. The largest absolute Gasteiger partial charge is 0.478 e. The number of aliphatic carboxylic acids is 1. The fourth-order valence-electron chi connectivity index (χ4n) is 1.36. The molecule has 1 heterocycles. The SMILES string of the molecule is CC(C(=O)O)=C(C)C(=O)NC(=O)N(C)Cc1ccc(Cl)s1. The number of carbonyl (C=O) groups excluding carboxylic acids is 2. The van der Waals surface area contributed by atoms with Gasteiger partial charge in [0, 0.05) is 23.1 Å². The van der Waals surface area contributed by atoms with Crippen molar-refractivity contribution in [1.29, 1.82) is 0 Å². The second kappa shape index (κ2) is 7.24. The number of carboxylic acids is 1. The number of halogens is 1. The van der Waals surface area contributed by atoms with E-state index in [4.69, 9.17) is 16.7 Å². The molecule has 0 radical (unpaired) electrons. The third kappa shape index (κ3) is 4.87. The van der Waals surface area contributed by atoms with E-state index >= 15 is 0 Å². The predicted octanol–water partition coefficient (Wildman–Crippen LogP) is 2.49. The van der Waals surface area contributed by atoms with Gasteiger partial charge in [-0.25, -0.2) is 9.59 Å². The summed E-state index contributed by atoms with van der Waals surface area (Å²) in [6.45, 7) is 2.96. The highest BCUT2D eigenvalue weighted by Crippen LogP contribution is 2.22. The number of imide groups is 1. The van der Waals surface area contributed by atoms with Gasteiger partial charge in [-0.05, 0) is 26.0 Å². The van der Waals surface area contributed by atoms with Crippen LogP contribution in [0.1, 0.15) is 18.7 Å². The maximum atomic E-state index is 11.9. The molecule has 0 saturated heterocycles. The molecule has 0 aliphatic rings. The fraction of sp³-hybridized carbons (Fsp3) is 0.308. The second-order valence-corrected chi connectivity index (χ2v) is 6.18. The summed E-state index contributed by atoms with van der Waals surface area (Å²) in [6, 6.07) is 2.90. The van der Waals surface area contributed by atoms with E-state index < -0.39 is 17.9 Å². The Morgan fingerprint density at radius 2 is 1.90 bits per heavy atom. The van der Waals surface area contributed by atoms with E-state index in [1.807, 2.05) is 0 Å². The van der Waals surface area contributed by atoms with Gasteiger partial charge in [-0.2, -0.15) is 0 Å². The Morgan fingerprint density at radius 3 is 2.38 bits per heavy atom. The summed E-state index contributed by atoms with van der Waals surface area (Å²) in [6.07, 6.45) is 0. The molecular formula is C13H15ClN2O4S. The highest BCUT2D eigenvalue weighted by molar-refractivity contribution is 7.16. The number of nitrogens with zero attached hydrogens (tertiary/aromatic N) is 1. The molecule has 114 valence electrons. The van der Waals surface area contributed by atoms with Gasteiger partial charge in [0.1, 0.15) is 0 Å². The van der Waals surface area contributed by atoms with E-state index in [2.05, 4.69) is 5.32 Å². The average Bonchev–Trinajstić information content (AvgIpc) is 2.81. The summed E-state index contributed by atoms with van der Waals surface area (Å²) in [4.78, 5) is 36.6. The Labute approximate surface area is 131 Å². The van der Waals surface area contributed by atoms with E-state index in [-0.39, 0.29) is 11.1 Å². The van der Waals surface area contributed by atoms with Gasteiger partial charge in [-0.15, -0.1) is 11.3 Å². The Bertz CT molecular complexity index is 609. The van der Waals surface area contributed by atoms with Crippen LogP contribution in [0.15, 0.2) is 23.3 Å². The lowest BCUT2D eigenvalue weighted by molar-refractivity contribution is -0.133. The van der Waals surface area contributed by atoms with E-state index in [0.717, 1.165) is 4.88 Å². The summed E-state index contributed by atoms with van der Waals surface area (Å²) >= 11 is 7.14. The zero-order valence-corrected chi connectivity index (χ0v) is 13.3. The molecule has 0 aliphatic heterocycles. The third-order valence-electron chi connectivity index (χ3n) is 2.81. The molecule has 0 aromatic carbocycles. The van der Waals surface area contributed by atoms with Crippen molar-refractivity contribution in [2.75, 3.05) is 7.05 Å². The van der Waals surface area contributed by atoms with Crippen LogP contribution in [-0.2, 0) is 16.1 Å². The zero-order valence-electron chi connectivity index (χ0n) is 11.8. The summed E-state index contributed by atoms with van der Waals surface area (Å²) in [7, 11) is 1.53. The summed E-state index contributed by atoms with van der Waals surface area (Å²) < 4.78 is 0.616. The smallest absolute Gasteiger partial charge is 0.331 e. The average molecular weight is 331 g/mol. The summed E-state index contributed by atoms with van der Waals surface area (Å²) in [5, 5.41) is 10.9. The highest BCUT2D eigenvalue weighted by Gasteiger charge is 2.17. The van der Waals surface area contributed by atoms with Gasteiger partial charge in [0.05, 0.1) is 10.9 Å². The van der Waals surface area contributed by atoms with Crippen LogP contribution in [0.3, 0.4) is 0 Å². The minimum atomic E-state index is -1.20. The highest BCUT2D eigenvalue weighted by atomic mass is 35.5. The molecule has 0 saturated carbocycles. The molecule has 0 spiro atoms. The zero-order chi connectivity index (χ0) is 16.2. The Morgan fingerprint density at radius 1 is 1.29 bits per heavy atom. The number of thiophene rings is 1. The third-order valence-corrected chi connectivity index (χ3v) is 4.03. The summed E-state index contributed by atoms with van der Waals surface area (Å²) in [5.74, 6) is -1.92. The van der Waals surface area contributed by atoms with E-state index in [1.165, 1.54) is 37.1 Å². The first-order valence-electron chi connectivity index (χ1n) is 5.93. The molecule has 21 heavy (non-hydrogen) atoms. The number of amides is 3. The Kier molecular flexibility index (Phi) is 5.92. The summed E-state index contributed by atoms with van der Waals surface area (Å²) in [5.41, 5.74) is -0.114. The van der Waals surface area contributed by atoms with Crippen molar-refractivity contribution in [1.82, 2.24) is 10.2 Å². The van der Waals surface area contributed by atoms with E-state index in [0.29, 0.717) is 10.9 Å². The van der Waals surface area contributed by atoms with Crippen molar-refractivity contribution in [2.45, 2.75) is 20.4 Å². The van der Waals surface area contributed by atoms with Crippen LogP contribution in [0, 0.1) is 0 Å². The lowest BCUT2D eigenvalue weighted by atomic mass is 10.1. The van der Waals surface area contributed by atoms with Gasteiger partial charge < -0.3 is 10.0 Å². The van der Waals surface area contributed by atoms with Gasteiger partial charge in [-0.3, -0.25) is 10.1 Å². The molecule has 0 aliphatic carbocycles. The molecule has 1 aromatic heterocycles. The lowest BCUT2D eigenvalue weighted by Crippen LogP contribution is -2.40. The number of hydrogen-bond donors (Lipinski definition) is 2. The first-order valence-corrected chi connectivity index (χ1v) is 7.13. The molecule has 1 rings (SSSR count). The second-order valence-electron chi connectivity index (χ2n) is 4.38. The molecule has 3 amide bonds. The van der Waals surface area contributed by atoms with Crippen molar-refractivity contribution in [2.24, 2.45) is 0 Å². The molecule has 1 aromatic rings. The van der Waals surface area contributed by atoms with Crippen LogP contribution in [0.5, 0.6) is 0 Å². The van der Waals surface area contributed by atoms with E-state index in [1.54, 1.807) is 12.1 Å². The van der Waals surface area contributed by atoms with Crippen molar-refractivity contribution < 1.29 is 19.5 Å². The van der Waals surface area contributed by atoms with Crippen molar-refractivity contribution in [3.63, 3.8) is 0 Å². The van der Waals surface area contributed by atoms with Crippen molar-refractivity contribution in [3.05, 3.63) is 32.5 Å². The van der Waals surface area contributed by atoms with Crippen molar-refractivity contribution in [3.8, 4) is 0 Å². The molecule has 0 unspecified atom stereocenters. The molecule has 6 nitrogen and oxygen atoms in total. The lowest BCUT2D eigenvalue weighted by Gasteiger charge is -2.16. The monoisotopic (exact) mass is 330 g/mol. The molecule has 0 fully saturated rings. The molecule has 8 heteroatoms. The molecule has 2 N–H and O–H groups in total.